The number of rotatable bonds is 10. The zero-order chi connectivity index (χ0) is 26.5. The quantitative estimate of drug-likeness (QED) is 0.244. The maximum absolute atomic E-state index is 13.2. The average molecular weight is 526 g/mol. The zero-order valence-corrected chi connectivity index (χ0v) is 22.4. The Labute approximate surface area is 226 Å². The molecule has 194 valence electrons. The maximum Gasteiger partial charge on any atom is 0.260 e. The molecule has 38 heavy (non-hydrogen) atoms. The van der Waals surface area contributed by atoms with E-state index in [0.717, 1.165) is 33.6 Å². The van der Waals surface area contributed by atoms with Crippen LogP contribution in [0.1, 0.15) is 22.5 Å². The number of hydrogen-bond donors (Lipinski definition) is 2. The summed E-state index contributed by atoms with van der Waals surface area (Å²) >= 11 is 1.48. The Kier molecular flexibility index (Phi) is 7.98. The molecule has 3 aromatic carbocycles. The third-order valence-electron chi connectivity index (χ3n) is 6.54. The largest absolute Gasteiger partial charge is 0.491 e. The lowest BCUT2D eigenvalue weighted by molar-refractivity contribution is 0.0617. The van der Waals surface area contributed by atoms with Gasteiger partial charge in [0.15, 0.2) is 0 Å². The zero-order valence-electron chi connectivity index (χ0n) is 21.6. The van der Waals surface area contributed by atoms with Crippen LogP contribution in [0, 0.1) is 13.8 Å². The van der Waals surface area contributed by atoms with Crippen molar-refractivity contribution in [3.63, 3.8) is 0 Å². The number of nitrogens with one attached hydrogen (secondary N) is 1. The fourth-order valence-corrected chi connectivity index (χ4v) is 5.59. The van der Waals surface area contributed by atoms with E-state index in [2.05, 4.69) is 22.0 Å². The van der Waals surface area contributed by atoms with Crippen LogP contribution in [0.2, 0.25) is 0 Å². The third-order valence-corrected chi connectivity index (χ3v) is 7.42. The van der Waals surface area contributed by atoms with Gasteiger partial charge in [0.2, 0.25) is 0 Å². The molecule has 2 N–H and O–H groups in total. The predicted molar refractivity (Wildman–Crippen MR) is 154 cm³/mol. The first-order valence-electron chi connectivity index (χ1n) is 12.7. The van der Waals surface area contributed by atoms with Gasteiger partial charge < -0.3 is 14.8 Å². The lowest BCUT2D eigenvalue weighted by atomic mass is 10.0. The Morgan fingerprint density at radius 1 is 0.921 bits per heavy atom. The maximum atomic E-state index is 13.2. The van der Waals surface area contributed by atoms with Gasteiger partial charge in [0, 0.05) is 24.0 Å². The van der Waals surface area contributed by atoms with Crippen LogP contribution >= 0.6 is 11.3 Å². The number of aliphatic hydroxyl groups excluding tert-OH is 1. The van der Waals surface area contributed by atoms with E-state index in [4.69, 9.17) is 9.72 Å². The summed E-state index contributed by atoms with van der Waals surface area (Å²) in [4.78, 5) is 23.9. The minimum Gasteiger partial charge on any atom is -0.491 e. The number of thiophene rings is 1. The summed E-state index contributed by atoms with van der Waals surface area (Å²) < 4.78 is 5.88. The molecule has 1 unspecified atom stereocenters. The summed E-state index contributed by atoms with van der Waals surface area (Å²) in [6.45, 7) is 5.55. The first-order valence-corrected chi connectivity index (χ1v) is 13.5. The molecule has 6 nitrogen and oxygen atoms in total. The van der Waals surface area contributed by atoms with Gasteiger partial charge in [-0.1, -0.05) is 72.8 Å². The number of ether oxygens (including phenoxy) is 1. The number of para-hydroxylation sites is 1. The van der Waals surface area contributed by atoms with Crippen LogP contribution in [0.5, 0.6) is 5.75 Å². The van der Waals surface area contributed by atoms with E-state index < -0.39 is 6.10 Å². The highest BCUT2D eigenvalue weighted by Gasteiger charge is 2.18. The van der Waals surface area contributed by atoms with Crippen molar-refractivity contribution in [1.82, 2.24) is 14.9 Å². The fraction of sp³-hybridized carbons (Fsp3) is 0.226. The normalized spacial score (nSPS) is 12.2. The third kappa shape index (κ3) is 6.02. The van der Waals surface area contributed by atoms with Crippen molar-refractivity contribution in [2.75, 3.05) is 13.2 Å². The van der Waals surface area contributed by atoms with Crippen LogP contribution in [0.25, 0.3) is 21.3 Å². The van der Waals surface area contributed by atoms with E-state index >= 15 is 0 Å². The molecule has 5 aromatic rings. The summed E-state index contributed by atoms with van der Waals surface area (Å²) in [5.41, 5.74) is 5.06. The van der Waals surface area contributed by atoms with E-state index in [-0.39, 0.29) is 12.2 Å². The number of aromatic amines is 1. The molecule has 0 bridgehead atoms. The number of H-pyrrole nitrogens is 1. The van der Waals surface area contributed by atoms with Crippen molar-refractivity contribution in [2.24, 2.45) is 0 Å². The molecular formula is C31H31N3O3S. The summed E-state index contributed by atoms with van der Waals surface area (Å²) in [7, 11) is 0. The molecule has 0 amide bonds. The first-order chi connectivity index (χ1) is 18.5. The van der Waals surface area contributed by atoms with Crippen LogP contribution in [0.15, 0.2) is 89.0 Å². The van der Waals surface area contributed by atoms with Gasteiger partial charge in [0.1, 0.15) is 29.1 Å². The van der Waals surface area contributed by atoms with Crippen molar-refractivity contribution in [3.8, 4) is 16.9 Å². The highest BCUT2D eigenvalue weighted by molar-refractivity contribution is 7.17. The lowest BCUT2D eigenvalue weighted by Crippen LogP contribution is -2.36. The number of aliphatic hydroxyl groups is 1. The van der Waals surface area contributed by atoms with Gasteiger partial charge in [-0.3, -0.25) is 9.69 Å². The Hall–Kier alpha value is -3.78. The van der Waals surface area contributed by atoms with Gasteiger partial charge in [0.25, 0.3) is 5.56 Å². The number of benzene rings is 3. The Bertz CT molecular complexity index is 1580. The summed E-state index contributed by atoms with van der Waals surface area (Å²) in [5, 5.41) is 13.5. The number of aryl methyl sites for hydroxylation is 2. The second kappa shape index (κ2) is 11.7. The number of aromatic nitrogens is 2. The van der Waals surface area contributed by atoms with E-state index in [0.29, 0.717) is 35.7 Å². The molecule has 0 aliphatic rings. The van der Waals surface area contributed by atoms with Crippen molar-refractivity contribution < 1.29 is 9.84 Å². The molecular weight excluding hydrogens is 494 g/mol. The number of fused-ring (bicyclic) bond motifs is 1. The Balaban J connectivity index is 1.37. The highest BCUT2D eigenvalue weighted by Crippen LogP contribution is 2.32. The molecule has 0 spiro atoms. The molecule has 0 radical (unpaired) electrons. The van der Waals surface area contributed by atoms with Gasteiger partial charge in [-0.2, -0.15) is 0 Å². The second-order valence-electron chi connectivity index (χ2n) is 9.54. The molecule has 1 atom stereocenters. The van der Waals surface area contributed by atoms with Gasteiger partial charge >= 0.3 is 0 Å². The molecule has 2 heterocycles. The van der Waals surface area contributed by atoms with E-state index in [1.165, 1.54) is 11.3 Å². The number of nitrogens with zero attached hydrogens (tertiary/aromatic N) is 2. The fourth-order valence-electron chi connectivity index (χ4n) is 4.64. The molecule has 0 saturated carbocycles. The molecule has 7 heteroatoms. The van der Waals surface area contributed by atoms with Crippen LogP contribution < -0.4 is 10.3 Å². The van der Waals surface area contributed by atoms with Crippen LogP contribution in [-0.4, -0.2) is 39.2 Å². The van der Waals surface area contributed by atoms with E-state index in [9.17, 15) is 9.90 Å². The monoisotopic (exact) mass is 525 g/mol. The van der Waals surface area contributed by atoms with Crippen LogP contribution in [-0.2, 0) is 13.1 Å². The smallest absolute Gasteiger partial charge is 0.260 e. The van der Waals surface area contributed by atoms with E-state index in [1.54, 1.807) is 0 Å². The standard InChI is InChI=1S/C31H31N3O3S/c1-21-10-6-8-14-25(21)26-20-38-31-29(26)30(36)32-28(33-31)18-34(16-23-12-4-3-5-13-23)17-24(35)19-37-27-15-9-7-11-22(27)2/h3-15,20,24,35H,16-19H2,1-2H3,(H,32,33,36). The molecule has 2 aromatic heterocycles. The van der Waals surface area contributed by atoms with Gasteiger partial charge in [-0.15, -0.1) is 11.3 Å². The lowest BCUT2D eigenvalue weighted by Gasteiger charge is -2.25. The molecule has 0 aliphatic carbocycles. The molecule has 0 saturated heterocycles. The van der Waals surface area contributed by atoms with Gasteiger partial charge in [-0.25, -0.2) is 4.98 Å². The summed E-state index contributed by atoms with van der Waals surface area (Å²) in [6.07, 6.45) is -0.719. The predicted octanol–water partition coefficient (Wildman–Crippen LogP) is 5.71. The number of hydrogen-bond acceptors (Lipinski definition) is 6. The second-order valence-corrected chi connectivity index (χ2v) is 10.4. The molecule has 0 aliphatic heterocycles. The minimum absolute atomic E-state index is 0.146. The van der Waals surface area contributed by atoms with Crippen molar-refractivity contribution in [2.45, 2.75) is 33.0 Å². The first kappa shape index (κ1) is 25.9. The summed E-state index contributed by atoms with van der Waals surface area (Å²) in [6, 6.07) is 25.9. The van der Waals surface area contributed by atoms with Gasteiger partial charge in [-0.05, 0) is 42.2 Å². The van der Waals surface area contributed by atoms with Crippen molar-refractivity contribution >= 4 is 21.6 Å². The molecule has 0 fully saturated rings. The van der Waals surface area contributed by atoms with Crippen molar-refractivity contribution in [1.29, 1.82) is 0 Å². The SMILES string of the molecule is Cc1ccccc1OCC(O)CN(Cc1ccccc1)Cc1nc2scc(-c3ccccc3C)c2c(=O)[nH]1. The average Bonchev–Trinajstić information content (AvgIpc) is 3.33. The van der Waals surface area contributed by atoms with Crippen molar-refractivity contribution in [3.05, 3.63) is 117 Å². The highest BCUT2D eigenvalue weighted by atomic mass is 32.1. The molecule has 5 rings (SSSR count). The van der Waals surface area contributed by atoms with Crippen LogP contribution in [0.4, 0.5) is 0 Å². The topological polar surface area (TPSA) is 78.5 Å². The summed E-state index contributed by atoms with van der Waals surface area (Å²) in [5.74, 6) is 1.34. The van der Waals surface area contributed by atoms with Crippen LogP contribution in [0.3, 0.4) is 0 Å². The minimum atomic E-state index is -0.719. The van der Waals surface area contributed by atoms with E-state index in [1.807, 2.05) is 86.0 Å². The Morgan fingerprint density at radius 3 is 2.39 bits per heavy atom. The Morgan fingerprint density at radius 2 is 1.63 bits per heavy atom. The van der Waals surface area contributed by atoms with Gasteiger partial charge in [0.05, 0.1) is 11.9 Å².